The molecule has 0 saturated heterocycles. The third-order valence-electron chi connectivity index (χ3n) is 5.07. The van der Waals surface area contributed by atoms with E-state index in [-0.39, 0.29) is 24.6 Å². The summed E-state index contributed by atoms with van der Waals surface area (Å²) >= 11 is 0. The summed E-state index contributed by atoms with van der Waals surface area (Å²) in [5, 5.41) is 0. The van der Waals surface area contributed by atoms with E-state index in [1.165, 1.54) is 24.1 Å². The second-order valence-corrected chi connectivity index (χ2v) is 6.74. The predicted octanol–water partition coefficient (Wildman–Crippen LogP) is 4.05. The van der Waals surface area contributed by atoms with Crippen molar-refractivity contribution in [2.75, 3.05) is 18.6 Å². The van der Waals surface area contributed by atoms with Gasteiger partial charge in [-0.15, -0.1) is 0 Å². The van der Waals surface area contributed by atoms with E-state index in [1.807, 2.05) is 0 Å². The first kappa shape index (κ1) is 19.0. The molecule has 0 unspecified atom stereocenters. The van der Waals surface area contributed by atoms with Gasteiger partial charge in [0.2, 0.25) is 5.91 Å². The van der Waals surface area contributed by atoms with Crippen molar-refractivity contribution in [1.82, 2.24) is 0 Å². The van der Waals surface area contributed by atoms with E-state index < -0.39 is 23.6 Å². The van der Waals surface area contributed by atoms with Crippen molar-refractivity contribution in [2.45, 2.75) is 18.5 Å². The maximum absolute atomic E-state index is 12.9. The van der Waals surface area contributed by atoms with Crippen LogP contribution in [0.4, 0.5) is 18.9 Å². The average Bonchev–Trinajstić information content (AvgIpc) is 3.08. The van der Waals surface area contributed by atoms with Crippen LogP contribution in [0.1, 0.15) is 23.5 Å². The van der Waals surface area contributed by atoms with Gasteiger partial charge in [-0.3, -0.25) is 9.69 Å². The molecule has 0 bridgehead atoms. The largest absolute Gasteiger partial charge is 0.497 e. The molecule has 1 atom stereocenters. The number of esters is 1. The number of benzene rings is 2. The van der Waals surface area contributed by atoms with Crippen molar-refractivity contribution >= 4 is 17.6 Å². The summed E-state index contributed by atoms with van der Waals surface area (Å²) < 4.78 is 48.9. The molecule has 0 N–H and O–H groups in total. The van der Waals surface area contributed by atoms with Gasteiger partial charge in [0.15, 0.2) is 0 Å². The Morgan fingerprint density at radius 2 is 1.83 bits per heavy atom. The maximum Gasteiger partial charge on any atom is 0.416 e. The molecule has 2 aliphatic heterocycles. The summed E-state index contributed by atoms with van der Waals surface area (Å²) in [4.78, 5) is 26.6. The Bertz CT molecular complexity index is 1010. The molecular weight excluding hydrogens is 387 g/mol. The topological polar surface area (TPSA) is 55.8 Å². The van der Waals surface area contributed by atoms with Gasteiger partial charge in [-0.1, -0.05) is 12.1 Å². The first-order chi connectivity index (χ1) is 13.8. The van der Waals surface area contributed by atoms with Crippen LogP contribution in [0, 0.1) is 0 Å². The van der Waals surface area contributed by atoms with E-state index in [1.54, 1.807) is 24.3 Å². The maximum atomic E-state index is 12.9. The lowest BCUT2D eigenvalue weighted by Crippen LogP contribution is -2.37. The third-order valence-corrected chi connectivity index (χ3v) is 5.07. The molecule has 0 aliphatic carbocycles. The number of methoxy groups -OCH3 is 1. The zero-order chi connectivity index (χ0) is 20.8. The highest BCUT2D eigenvalue weighted by molar-refractivity contribution is 6.06. The summed E-state index contributed by atoms with van der Waals surface area (Å²) in [5.41, 5.74) is 0.888. The number of nitrogens with zero attached hydrogens (tertiary/aromatic N) is 1. The van der Waals surface area contributed by atoms with Gasteiger partial charge in [0.25, 0.3) is 0 Å². The van der Waals surface area contributed by atoms with Gasteiger partial charge in [-0.05, 0) is 42.0 Å². The fourth-order valence-corrected chi connectivity index (χ4v) is 3.70. The molecule has 0 spiro atoms. The molecule has 1 amide bonds. The number of anilines is 1. The monoisotopic (exact) mass is 403 g/mol. The molecule has 2 aromatic rings. The van der Waals surface area contributed by atoms with E-state index in [0.717, 1.165) is 17.7 Å². The van der Waals surface area contributed by atoms with Gasteiger partial charge in [0.1, 0.15) is 12.4 Å². The summed E-state index contributed by atoms with van der Waals surface area (Å²) in [6.07, 6.45) is -4.49. The highest BCUT2D eigenvalue weighted by atomic mass is 19.4. The number of carbonyl (C=O) groups excluding carboxylic acids is 2. The molecule has 0 radical (unpaired) electrons. The quantitative estimate of drug-likeness (QED) is 0.726. The van der Waals surface area contributed by atoms with Crippen molar-refractivity contribution in [1.29, 1.82) is 0 Å². The minimum absolute atomic E-state index is 0.0118. The van der Waals surface area contributed by atoms with Gasteiger partial charge in [0.05, 0.1) is 23.9 Å². The van der Waals surface area contributed by atoms with Crippen molar-refractivity contribution in [2.24, 2.45) is 0 Å². The molecule has 2 aliphatic rings. The number of halogens is 3. The molecule has 0 aromatic heterocycles. The number of alkyl halides is 3. The minimum Gasteiger partial charge on any atom is -0.497 e. The molecule has 8 heteroatoms. The Balaban J connectivity index is 1.76. The normalized spacial score (nSPS) is 19.3. The lowest BCUT2D eigenvalue weighted by molar-refractivity contribution is -0.138. The predicted molar refractivity (Wildman–Crippen MR) is 97.3 cm³/mol. The molecule has 0 fully saturated rings. The molecular formula is C21H16F3NO4. The average molecular weight is 403 g/mol. The number of rotatable bonds is 3. The van der Waals surface area contributed by atoms with Crippen LogP contribution in [0.3, 0.4) is 0 Å². The van der Waals surface area contributed by atoms with Crippen molar-refractivity contribution < 1.29 is 32.2 Å². The third kappa shape index (κ3) is 3.35. The molecule has 29 heavy (non-hydrogen) atoms. The molecule has 0 saturated carbocycles. The molecule has 150 valence electrons. The number of hydrogen-bond donors (Lipinski definition) is 0. The van der Waals surface area contributed by atoms with Gasteiger partial charge in [-0.2, -0.15) is 13.2 Å². The number of carbonyl (C=O) groups is 2. The van der Waals surface area contributed by atoms with Crippen LogP contribution in [-0.4, -0.2) is 25.6 Å². The first-order valence-electron chi connectivity index (χ1n) is 8.84. The number of hydrogen-bond acceptors (Lipinski definition) is 4. The summed E-state index contributed by atoms with van der Waals surface area (Å²) in [6, 6.07) is 11.3. The lowest BCUT2D eigenvalue weighted by atomic mass is 9.84. The number of ether oxygens (including phenoxy) is 2. The Morgan fingerprint density at radius 1 is 1.10 bits per heavy atom. The van der Waals surface area contributed by atoms with E-state index in [9.17, 15) is 22.8 Å². The molecule has 5 nitrogen and oxygen atoms in total. The van der Waals surface area contributed by atoms with Crippen LogP contribution in [0.5, 0.6) is 5.75 Å². The Kier molecular flexibility index (Phi) is 4.56. The molecule has 4 rings (SSSR count). The fourth-order valence-electron chi connectivity index (χ4n) is 3.70. The first-order valence-corrected chi connectivity index (χ1v) is 8.84. The van der Waals surface area contributed by atoms with Gasteiger partial charge in [0, 0.05) is 18.0 Å². The van der Waals surface area contributed by atoms with E-state index >= 15 is 0 Å². The Morgan fingerprint density at radius 3 is 2.48 bits per heavy atom. The Hall–Kier alpha value is -3.29. The van der Waals surface area contributed by atoms with Gasteiger partial charge >= 0.3 is 12.1 Å². The second kappa shape index (κ2) is 6.95. The standard InChI is InChI=1S/C21H16F3NO4/c1-28-15-4-2-3-12(9-15)16-10-18(26)25(17-11-29-20(27)19(16)17)14-7-5-13(6-8-14)21(22,23)24/h2-9,16H,10-11H2,1H3/t16-/m0/s1. The zero-order valence-corrected chi connectivity index (χ0v) is 15.3. The zero-order valence-electron chi connectivity index (χ0n) is 15.3. The molecule has 2 aromatic carbocycles. The van der Waals surface area contributed by atoms with Crippen LogP contribution in [-0.2, 0) is 20.5 Å². The van der Waals surface area contributed by atoms with Crippen molar-refractivity contribution in [3.8, 4) is 5.75 Å². The van der Waals surface area contributed by atoms with Crippen molar-refractivity contribution in [3.63, 3.8) is 0 Å². The molecule has 2 heterocycles. The fraction of sp³-hybridized carbons (Fsp3) is 0.238. The van der Waals surface area contributed by atoms with Gasteiger partial charge in [-0.25, -0.2) is 4.79 Å². The number of amides is 1. The van der Waals surface area contributed by atoms with Crippen LogP contribution in [0.2, 0.25) is 0 Å². The van der Waals surface area contributed by atoms with E-state index in [2.05, 4.69) is 0 Å². The van der Waals surface area contributed by atoms with E-state index in [0.29, 0.717) is 17.0 Å². The van der Waals surface area contributed by atoms with Crippen LogP contribution < -0.4 is 9.64 Å². The SMILES string of the molecule is COc1cccc([C@@H]2CC(=O)N(c3ccc(C(F)(F)F)cc3)C3=C2C(=O)OC3)c1. The summed E-state index contributed by atoms with van der Waals surface area (Å²) in [7, 11) is 1.52. The van der Waals surface area contributed by atoms with Gasteiger partial charge < -0.3 is 9.47 Å². The number of cyclic esters (lactones) is 1. The Labute approximate surface area is 164 Å². The smallest absolute Gasteiger partial charge is 0.416 e. The van der Waals surface area contributed by atoms with E-state index in [4.69, 9.17) is 9.47 Å². The second-order valence-electron chi connectivity index (χ2n) is 6.74. The summed E-state index contributed by atoms with van der Waals surface area (Å²) in [5.74, 6) is -0.770. The van der Waals surface area contributed by atoms with Crippen molar-refractivity contribution in [3.05, 3.63) is 70.9 Å². The lowest BCUT2D eigenvalue weighted by Gasteiger charge is -2.32. The van der Waals surface area contributed by atoms with Crippen LogP contribution >= 0.6 is 0 Å². The minimum atomic E-state index is -4.47. The van der Waals surface area contributed by atoms with Crippen LogP contribution in [0.25, 0.3) is 0 Å². The van der Waals surface area contributed by atoms with Crippen LogP contribution in [0.15, 0.2) is 59.8 Å². The highest BCUT2D eigenvalue weighted by Gasteiger charge is 2.43. The highest BCUT2D eigenvalue weighted by Crippen LogP contribution is 2.42. The summed E-state index contributed by atoms with van der Waals surface area (Å²) in [6.45, 7) is -0.110.